The Morgan fingerprint density at radius 3 is 1.27 bits per heavy atom. The standard InChI is InChI=1S/2C24H29.C12H9Si.2ClH.Zr/c2*1-16-10-8-9-11-19(16)22-20-15-18(23(2,3)4)14-17(20)12-13-21(22)24(5,6)7;1-3-7-11-9(5-1)10-6-2-4-8-12(10)13-11;;;/h2*8-15H,1-7H3;1-7H,13H2;2*1H;/q;;;;;+2/p-2. The minimum atomic E-state index is -5.90. The van der Waals surface area contributed by atoms with Crippen molar-refractivity contribution in [3.8, 4) is 33.4 Å². The molecule has 6 aromatic carbocycles. The Bertz CT molecular complexity index is 2820. The maximum atomic E-state index is 9.65. The van der Waals surface area contributed by atoms with Gasteiger partial charge in [0.1, 0.15) is 0 Å². The molecular weight excluding hydrogens is 911 g/mol. The van der Waals surface area contributed by atoms with Gasteiger partial charge in [0.05, 0.1) is 0 Å². The van der Waals surface area contributed by atoms with Crippen LogP contribution in [-0.4, -0.2) is 9.52 Å². The van der Waals surface area contributed by atoms with Crippen LogP contribution in [0.3, 0.4) is 0 Å². The molecule has 2 aliphatic carbocycles. The molecule has 329 valence electrons. The van der Waals surface area contributed by atoms with E-state index in [1.165, 1.54) is 103 Å². The summed E-state index contributed by atoms with van der Waals surface area (Å²) >= 11 is -5.90. The number of rotatable bonds is 5. The fourth-order valence-electron chi connectivity index (χ4n) is 12.0. The van der Waals surface area contributed by atoms with Crippen LogP contribution in [-0.2, 0) is 27.2 Å². The second-order valence-electron chi connectivity index (χ2n) is 23.5. The number of halogens is 2. The zero-order valence-corrected chi connectivity index (χ0v) is 46.1. The van der Waals surface area contributed by atoms with Gasteiger partial charge in [-0.2, -0.15) is 0 Å². The van der Waals surface area contributed by atoms with E-state index < -0.39 is 25.9 Å². The Kier molecular flexibility index (Phi) is 10.9. The summed E-state index contributed by atoms with van der Waals surface area (Å²) in [6.45, 7) is 33.0. The van der Waals surface area contributed by atoms with Crippen LogP contribution in [0.5, 0.6) is 0 Å². The zero-order chi connectivity index (χ0) is 46.1. The molecule has 4 heteroatoms. The first-order valence-electron chi connectivity index (χ1n) is 23.5. The molecule has 9 rings (SSSR count). The Labute approximate surface area is 395 Å². The Morgan fingerprint density at radius 2 is 0.844 bits per heavy atom. The van der Waals surface area contributed by atoms with E-state index >= 15 is 0 Å². The molecule has 0 spiro atoms. The van der Waals surface area contributed by atoms with Crippen molar-refractivity contribution in [2.24, 2.45) is 10.8 Å². The van der Waals surface area contributed by atoms with E-state index in [9.17, 15) is 17.0 Å². The summed E-state index contributed by atoms with van der Waals surface area (Å²) in [7, 11) is 18.4. The van der Waals surface area contributed by atoms with Crippen LogP contribution in [0.15, 0.2) is 126 Å². The average Bonchev–Trinajstić information content (AvgIpc) is 3.93. The fraction of sp³-hybridized carbons (Fsp3) is 0.333. The molecule has 0 radical (unpaired) electrons. The number of aryl methyl sites for hydroxylation is 2. The molecule has 0 saturated heterocycles. The van der Waals surface area contributed by atoms with Gasteiger partial charge < -0.3 is 0 Å². The molecule has 0 saturated carbocycles. The molecule has 0 bridgehead atoms. The van der Waals surface area contributed by atoms with Crippen LogP contribution < -0.4 is 13.6 Å². The Morgan fingerprint density at radius 1 is 0.438 bits per heavy atom. The molecule has 0 aromatic heterocycles. The molecule has 0 fully saturated rings. The molecule has 6 aromatic rings. The predicted octanol–water partition coefficient (Wildman–Crippen LogP) is 15.3. The first-order chi connectivity index (χ1) is 29.8. The van der Waals surface area contributed by atoms with Gasteiger partial charge in [0.25, 0.3) is 0 Å². The topological polar surface area (TPSA) is 0 Å². The summed E-state index contributed by atoms with van der Waals surface area (Å²) in [5.74, 6) is 0. The second-order valence-corrected chi connectivity index (χ2v) is 45.9. The van der Waals surface area contributed by atoms with E-state index in [0.29, 0.717) is 0 Å². The van der Waals surface area contributed by atoms with Crippen molar-refractivity contribution in [1.29, 1.82) is 0 Å². The third-order valence-electron chi connectivity index (χ3n) is 15.0. The number of fused-ring (bicyclic) bond motifs is 5. The molecule has 1 aliphatic heterocycles. The van der Waals surface area contributed by atoms with E-state index in [1.807, 2.05) is 0 Å². The molecule has 3 aliphatic rings. The van der Waals surface area contributed by atoms with Gasteiger partial charge in [-0.25, -0.2) is 0 Å². The number of hydrogen-bond acceptors (Lipinski definition) is 0. The minimum absolute atomic E-state index is 0.0959. The van der Waals surface area contributed by atoms with Crippen molar-refractivity contribution in [2.45, 2.75) is 115 Å². The molecule has 1 heterocycles. The molecule has 0 amide bonds. The van der Waals surface area contributed by atoms with E-state index in [4.69, 9.17) is 0 Å². The van der Waals surface area contributed by atoms with Gasteiger partial charge in [0, 0.05) is 0 Å². The molecule has 0 N–H and O–H groups in total. The van der Waals surface area contributed by atoms with Crippen molar-refractivity contribution in [2.75, 3.05) is 0 Å². The zero-order valence-electron chi connectivity index (χ0n) is 40.7. The molecular formula is C60H67Cl2SiZr. The summed E-state index contributed by atoms with van der Waals surface area (Å²) in [6, 6.07) is 43.9. The number of hydrogen-bond donors (Lipinski definition) is 0. The van der Waals surface area contributed by atoms with E-state index in [2.05, 4.69) is 224 Å². The van der Waals surface area contributed by atoms with Gasteiger partial charge in [-0.3, -0.25) is 0 Å². The van der Waals surface area contributed by atoms with Crippen LogP contribution >= 0.6 is 17.0 Å². The maximum absolute atomic E-state index is 9.65. The molecule has 64 heavy (non-hydrogen) atoms. The van der Waals surface area contributed by atoms with Gasteiger partial charge in [-0.05, 0) is 0 Å². The van der Waals surface area contributed by atoms with Crippen LogP contribution in [0, 0.1) is 24.7 Å². The summed E-state index contributed by atoms with van der Waals surface area (Å²) in [6.07, 6.45) is 5.14. The summed E-state index contributed by atoms with van der Waals surface area (Å²) in [5, 5.41) is 2.94. The van der Waals surface area contributed by atoms with Crippen LogP contribution in [0.4, 0.5) is 0 Å². The SMILES string of the molecule is Cc1ccccc1-c1c(C(C)(C)C)ccc2c1C=C(C(C)(C)C)[CH]2[Zr]([Cl])([Cl])([c]1cccc2c1[SiH2]c1ccccc1-2)[CH]1C(C(C)(C)C)=Cc2c1ccc(C(C)(C)C)c2-c1ccccc1C. The van der Waals surface area contributed by atoms with Crippen molar-refractivity contribution < 1.29 is 16.4 Å². The van der Waals surface area contributed by atoms with Gasteiger partial charge in [0.15, 0.2) is 0 Å². The normalized spacial score (nSPS) is 18.2. The van der Waals surface area contributed by atoms with Gasteiger partial charge in [-0.1, -0.05) is 0 Å². The molecule has 0 nitrogen and oxygen atoms in total. The van der Waals surface area contributed by atoms with Gasteiger partial charge in [-0.15, -0.1) is 0 Å². The summed E-state index contributed by atoms with van der Waals surface area (Å²) in [5.41, 5.74) is 20.5. The van der Waals surface area contributed by atoms with Crippen molar-refractivity contribution in [3.05, 3.63) is 171 Å². The third-order valence-corrected chi connectivity index (χ3v) is 37.5. The monoisotopic (exact) mass is 975 g/mol. The summed E-state index contributed by atoms with van der Waals surface area (Å²) in [4.78, 5) is 0. The van der Waals surface area contributed by atoms with E-state index in [1.54, 1.807) is 0 Å². The molecule has 2 atom stereocenters. The Balaban J connectivity index is 1.47. The van der Waals surface area contributed by atoms with Gasteiger partial charge >= 0.3 is 399 Å². The quantitative estimate of drug-likeness (QED) is 0.151. The summed E-state index contributed by atoms with van der Waals surface area (Å²) < 4.78 is 0.902. The predicted molar refractivity (Wildman–Crippen MR) is 282 cm³/mol. The van der Waals surface area contributed by atoms with Crippen molar-refractivity contribution in [1.82, 2.24) is 0 Å². The Hall–Kier alpha value is -3.52. The van der Waals surface area contributed by atoms with E-state index in [0.717, 1.165) is 0 Å². The van der Waals surface area contributed by atoms with Crippen LogP contribution in [0.25, 0.3) is 45.5 Å². The van der Waals surface area contributed by atoms with E-state index in [-0.39, 0.29) is 28.9 Å². The first-order valence-corrected chi connectivity index (χ1v) is 35.3. The van der Waals surface area contributed by atoms with Crippen molar-refractivity contribution in [3.63, 3.8) is 0 Å². The average molecular weight is 978 g/mol. The number of allylic oxidation sites excluding steroid dienone is 2. The van der Waals surface area contributed by atoms with Crippen molar-refractivity contribution >= 4 is 52.3 Å². The second kappa shape index (κ2) is 15.3. The van der Waals surface area contributed by atoms with Crippen LogP contribution in [0.2, 0.25) is 0 Å². The van der Waals surface area contributed by atoms with Gasteiger partial charge in [0.2, 0.25) is 0 Å². The fourth-order valence-corrected chi connectivity index (χ4v) is 40.3. The third kappa shape index (κ3) is 7.06. The van der Waals surface area contributed by atoms with Crippen LogP contribution in [0.1, 0.15) is 135 Å². The number of benzene rings is 6. The molecule has 2 unspecified atom stereocenters. The first kappa shape index (κ1) is 45.6.